The Balaban J connectivity index is 2.24. The molecule has 116 valence electrons. The van der Waals surface area contributed by atoms with E-state index >= 15 is 0 Å². The lowest BCUT2D eigenvalue weighted by atomic mass is 10.1. The van der Waals surface area contributed by atoms with Crippen molar-refractivity contribution >= 4 is 16.0 Å². The molecule has 2 aromatic rings. The Kier molecular flexibility index (Phi) is 4.92. The normalized spacial score (nSPS) is 12.8. The third-order valence-corrected chi connectivity index (χ3v) is 4.54. The Bertz CT molecular complexity index is 741. The van der Waals surface area contributed by atoms with E-state index in [4.69, 9.17) is 10.2 Å². The van der Waals surface area contributed by atoms with E-state index in [1.807, 2.05) is 35.1 Å². The van der Waals surface area contributed by atoms with Gasteiger partial charge in [0.15, 0.2) is 0 Å². The molecular formula is C15H15NO5S. The zero-order valence-corrected chi connectivity index (χ0v) is 12.3. The number of hydrogen-bond acceptors (Lipinski definition) is 4. The van der Waals surface area contributed by atoms with Gasteiger partial charge in [-0.1, -0.05) is 42.5 Å². The monoisotopic (exact) mass is 321 g/mol. The third-order valence-electron chi connectivity index (χ3n) is 3.05. The molecule has 2 aromatic carbocycles. The van der Waals surface area contributed by atoms with Gasteiger partial charge in [-0.3, -0.25) is 4.79 Å². The first-order valence-corrected chi connectivity index (χ1v) is 7.94. The summed E-state index contributed by atoms with van der Waals surface area (Å²) in [5, 5.41) is 17.7. The molecule has 0 unspecified atom stereocenters. The SMILES string of the molecule is O=C(O)[C@@H](CO)NS(=O)(=O)c1ccc(-c2ccccc2)cc1. The highest BCUT2D eigenvalue weighted by molar-refractivity contribution is 7.89. The van der Waals surface area contributed by atoms with Crippen LogP contribution in [0.25, 0.3) is 11.1 Å². The topological polar surface area (TPSA) is 104 Å². The van der Waals surface area contributed by atoms with Crippen LogP contribution in [0.5, 0.6) is 0 Å². The summed E-state index contributed by atoms with van der Waals surface area (Å²) in [5.41, 5.74) is 1.79. The molecule has 22 heavy (non-hydrogen) atoms. The molecule has 0 aliphatic carbocycles. The highest BCUT2D eigenvalue weighted by Gasteiger charge is 2.24. The zero-order valence-electron chi connectivity index (χ0n) is 11.5. The van der Waals surface area contributed by atoms with Crippen LogP contribution >= 0.6 is 0 Å². The number of nitrogens with one attached hydrogen (secondary N) is 1. The van der Waals surface area contributed by atoms with E-state index in [2.05, 4.69) is 0 Å². The van der Waals surface area contributed by atoms with Gasteiger partial charge in [0.25, 0.3) is 0 Å². The van der Waals surface area contributed by atoms with Gasteiger partial charge >= 0.3 is 5.97 Å². The van der Waals surface area contributed by atoms with Gasteiger partial charge in [-0.05, 0) is 23.3 Å². The Hall–Kier alpha value is -2.22. The number of rotatable bonds is 6. The Labute approximate surface area is 128 Å². The van der Waals surface area contributed by atoms with Gasteiger partial charge in [-0.25, -0.2) is 8.42 Å². The molecular weight excluding hydrogens is 306 g/mol. The van der Waals surface area contributed by atoms with Crippen LogP contribution in [0.1, 0.15) is 0 Å². The third kappa shape index (κ3) is 3.70. The van der Waals surface area contributed by atoms with Gasteiger partial charge in [0, 0.05) is 0 Å². The lowest BCUT2D eigenvalue weighted by molar-refractivity contribution is -0.139. The lowest BCUT2D eigenvalue weighted by Gasteiger charge is -2.12. The highest BCUT2D eigenvalue weighted by Crippen LogP contribution is 2.21. The molecule has 0 spiro atoms. The number of carboxylic acid groups (broad SMARTS) is 1. The van der Waals surface area contributed by atoms with Crippen LogP contribution in [0.3, 0.4) is 0 Å². The van der Waals surface area contributed by atoms with Crippen molar-refractivity contribution in [3.63, 3.8) is 0 Å². The van der Waals surface area contributed by atoms with Crippen molar-refractivity contribution in [3.8, 4) is 11.1 Å². The fraction of sp³-hybridized carbons (Fsp3) is 0.133. The highest BCUT2D eigenvalue weighted by atomic mass is 32.2. The van der Waals surface area contributed by atoms with Crippen LogP contribution in [0.4, 0.5) is 0 Å². The van der Waals surface area contributed by atoms with E-state index in [1.165, 1.54) is 12.1 Å². The average molecular weight is 321 g/mol. The van der Waals surface area contributed by atoms with Crippen LogP contribution in [-0.2, 0) is 14.8 Å². The summed E-state index contributed by atoms with van der Waals surface area (Å²) in [6, 6.07) is 13.9. The number of aliphatic hydroxyl groups excluding tert-OH is 1. The summed E-state index contributed by atoms with van der Waals surface area (Å²) in [4.78, 5) is 10.7. The molecule has 0 bridgehead atoms. The maximum atomic E-state index is 12.1. The molecule has 0 radical (unpaired) electrons. The van der Waals surface area contributed by atoms with Crippen molar-refractivity contribution in [3.05, 3.63) is 54.6 Å². The zero-order chi connectivity index (χ0) is 16.2. The fourth-order valence-corrected chi connectivity index (χ4v) is 3.06. The van der Waals surface area contributed by atoms with Crippen LogP contribution < -0.4 is 4.72 Å². The number of aliphatic carboxylic acids is 1. The number of carbonyl (C=O) groups is 1. The maximum absolute atomic E-state index is 12.1. The van der Waals surface area contributed by atoms with Gasteiger partial charge in [-0.2, -0.15) is 4.72 Å². The molecule has 1 atom stereocenters. The molecule has 0 heterocycles. The number of aliphatic hydroxyl groups is 1. The fourth-order valence-electron chi connectivity index (χ4n) is 1.88. The van der Waals surface area contributed by atoms with E-state index in [9.17, 15) is 13.2 Å². The van der Waals surface area contributed by atoms with Crippen molar-refractivity contribution in [2.75, 3.05) is 6.61 Å². The van der Waals surface area contributed by atoms with E-state index in [0.29, 0.717) is 0 Å². The molecule has 0 amide bonds. The van der Waals surface area contributed by atoms with Gasteiger partial charge in [0.05, 0.1) is 11.5 Å². The average Bonchev–Trinajstić information content (AvgIpc) is 2.53. The predicted octanol–water partition coefficient (Wildman–Crippen LogP) is 1.08. The number of carboxylic acids is 1. The number of hydrogen-bond donors (Lipinski definition) is 3. The van der Waals surface area contributed by atoms with Crippen LogP contribution in [-0.4, -0.2) is 37.2 Å². The van der Waals surface area contributed by atoms with Crippen molar-refractivity contribution in [1.82, 2.24) is 4.72 Å². The minimum Gasteiger partial charge on any atom is -0.480 e. The second-order valence-electron chi connectivity index (χ2n) is 4.59. The first kappa shape index (κ1) is 16.2. The maximum Gasteiger partial charge on any atom is 0.324 e. The molecule has 0 saturated heterocycles. The Morgan fingerprint density at radius 3 is 2.05 bits per heavy atom. The van der Waals surface area contributed by atoms with E-state index in [-0.39, 0.29) is 4.90 Å². The minimum absolute atomic E-state index is 0.0631. The molecule has 0 aliphatic rings. The van der Waals surface area contributed by atoms with E-state index < -0.39 is 28.6 Å². The van der Waals surface area contributed by atoms with Crippen molar-refractivity contribution in [1.29, 1.82) is 0 Å². The van der Waals surface area contributed by atoms with Crippen LogP contribution in [0.15, 0.2) is 59.5 Å². The largest absolute Gasteiger partial charge is 0.480 e. The predicted molar refractivity (Wildman–Crippen MR) is 80.7 cm³/mol. The lowest BCUT2D eigenvalue weighted by Crippen LogP contribution is -2.43. The minimum atomic E-state index is -4.01. The molecule has 0 aliphatic heterocycles. The van der Waals surface area contributed by atoms with Crippen molar-refractivity contribution in [2.24, 2.45) is 0 Å². The number of benzene rings is 2. The van der Waals surface area contributed by atoms with Crippen LogP contribution in [0.2, 0.25) is 0 Å². The summed E-state index contributed by atoms with van der Waals surface area (Å²) in [6.45, 7) is -0.823. The van der Waals surface area contributed by atoms with E-state index in [1.54, 1.807) is 12.1 Å². The van der Waals surface area contributed by atoms with Crippen LogP contribution in [0, 0.1) is 0 Å². The molecule has 0 saturated carbocycles. The summed E-state index contributed by atoms with van der Waals surface area (Å²) in [6.07, 6.45) is 0. The summed E-state index contributed by atoms with van der Waals surface area (Å²) in [5.74, 6) is -1.44. The number of sulfonamides is 1. The van der Waals surface area contributed by atoms with Crippen molar-refractivity contribution in [2.45, 2.75) is 10.9 Å². The molecule has 2 rings (SSSR count). The first-order valence-electron chi connectivity index (χ1n) is 6.45. The standard InChI is InChI=1S/C15H15NO5S/c17-10-14(15(18)19)16-22(20,21)13-8-6-12(7-9-13)11-4-2-1-3-5-11/h1-9,14,16-17H,10H2,(H,18,19)/t14-/m1/s1. The molecule has 3 N–H and O–H groups in total. The summed E-state index contributed by atoms with van der Waals surface area (Å²) in [7, 11) is -4.01. The van der Waals surface area contributed by atoms with E-state index in [0.717, 1.165) is 11.1 Å². The molecule has 0 fully saturated rings. The summed E-state index contributed by atoms with van der Waals surface area (Å²) >= 11 is 0. The van der Waals surface area contributed by atoms with Crippen molar-refractivity contribution < 1.29 is 23.4 Å². The first-order chi connectivity index (χ1) is 10.4. The molecule has 6 nitrogen and oxygen atoms in total. The molecule has 7 heteroatoms. The second-order valence-corrected chi connectivity index (χ2v) is 6.30. The second kappa shape index (κ2) is 6.69. The quantitative estimate of drug-likeness (QED) is 0.738. The van der Waals surface area contributed by atoms with Gasteiger partial charge in [-0.15, -0.1) is 0 Å². The van der Waals surface area contributed by atoms with Gasteiger partial charge in [0.1, 0.15) is 6.04 Å². The Morgan fingerprint density at radius 2 is 1.55 bits per heavy atom. The smallest absolute Gasteiger partial charge is 0.324 e. The summed E-state index contributed by atoms with van der Waals surface area (Å²) < 4.78 is 26.1. The Morgan fingerprint density at radius 1 is 1.00 bits per heavy atom. The van der Waals surface area contributed by atoms with Gasteiger partial charge < -0.3 is 10.2 Å². The molecule has 0 aromatic heterocycles. The van der Waals surface area contributed by atoms with Gasteiger partial charge in [0.2, 0.25) is 10.0 Å².